The number of dihydropyridines is 1. The molecule has 1 aromatic carbocycles. The number of H-pyrrole nitrogens is 1. The number of allylic oxidation sites excluding steroid dienone is 3. The maximum absolute atomic E-state index is 13.9. The molecule has 0 amide bonds. The SMILES string of the molecule is CC=CC=NC1=C(C(=O)C(CC)c2cn[nH]c2-c2cc(C#N)ccc2OCC)C=NC(C)C1C. The Hall–Kier alpha value is -3.79. The molecule has 0 radical (unpaired) electrons. The average Bonchev–Trinajstić information content (AvgIpc) is 3.32. The molecular formula is C27H31N5O2. The minimum absolute atomic E-state index is 0.0173. The van der Waals surface area contributed by atoms with Gasteiger partial charge < -0.3 is 4.74 Å². The van der Waals surface area contributed by atoms with E-state index in [1.54, 1.807) is 36.8 Å². The van der Waals surface area contributed by atoms with Crippen LogP contribution in [0.15, 0.2) is 57.8 Å². The lowest BCUT2D eigenvalue weighted by atomic mass is 9.83. The molecule has 3 rings (SSSR count). The largest absolute Gasteiger partial charge is 0.493 e. The Morgan fingerprint density at radius 3 is 2.82 bits per heavy atom. The first-order chi connectivity index (χ1) is 16.5. The van der Waals surface area contributed by atoms with E-state index in [2.05, 4.69) is 26.3 Å². The first-order valence-corrected chi connectivity index (χ1v) is 11.6. The highest BCUT2D eigenvalue weighted by atomic mass is 16.5. The van der Waals surface area contributed by atoms with Gasteiger partial charge in [-0.05, 0) is 51.5 Å². The number of ketones is 1. The molecule has 0 saturated carbocycles. The van der Waals surface area contributed by atoms with Gasteiger partial charge in [-0.15, -0.1) is 0 Å². The van der Waals surface area contributed by atoms with Crippen LogP contribution in [0.25, 0.3) is 11.3 Å². The number of nitrogens with zero attached hydrogens (tertiary/aromatic N) is 4. The van der Waals surface area contributed by atoms with Gasteiger partial charge in [-0.3, -0.25) is 19.9 Å². The van der Waals surface area contributed by atoms with Crippen LogP contribution in [0, 0.1) is 17.2 Å². The topological polar surface area (TPSA) is 103 Å². The highest BCUT2D eigenvalue weighted by Gasteiger charge is 2.32. The number of ether oxygens (including phenoxy) is 1. The van der Waals surface area contributed by atoms with Crippen LogP contribution in [0.5, 0.6) is 5.75 Å². The van der Waals surface area contributed by atoms with Crippen LogP contribution < -0.4 is 4.74 Å². The van der Waals surface area contributed by atoms with Gasteiger partial charge in [0.05, 0.1) is 53.4 Å². The van der Waals surface area contributed by atoms with Crippen LogP contribution in [-0.4, -0.2) is 41.1 Å². The van der Waals surface area contributed by atoms with Gasteiger partial charge in [0.25, 0.3) is 0 Å². The van der Waals surface area contributed by atoms with E-state index in [0.29, 0.717) is 41.2 Å². The number of aliphatic imine (C=N–C) groups is 2. The maximum atomic E-state index is 13.9. The van der Waals surface area contributed by atoms with Crippen molar-refractivity contribution in [3.8, 4) is 23.1 Å². The molecule has 0 fully saturated rings. The van der Waals surface area contributed by atoms with Gasteiger partial charge in [0.1, 0.15) is 5.75 Å². The highest BCUT2D eigenvalue weighted by Crippen LogP contribution is 2.38. The number of benzene rings is 1. The number of carbonyl (C=O) groups is 1. The van der Waals surface area contributed by atoms with Crippen molar-refractivity contribution in [3.63, 3.8) is 0 Å². The van der Waals surface area contributed by atoms with Crippen molar-refractivity contribution in [1.29, 1.82) is 5.26 Å². The van der Waals surface area contributed by atoms with Crippen molar-refractivity contribution >= 4 is 18.2 Å². The summed E-state index contributed by atoms with van der Waals surface area (Å²) in [6.07, 6.45) is 9.39. The van der Waals surface area contributed by atoms with E-state index in [0.717, 1.165) is 11.3 Å². The summed E-state index contributed by atoms with van der Waals surface area (Å²) >= 11 is 0. The second-order valence-electron chi connectivity index (χ2n) is 8.19. The molecule has 176 valence electrons. The number of aromatic amines is 1. The smallest absolute Gasteiger partial charge is 0.173 e. The van der Waals surface area contributed by atoms with Gasteiger partial charge in [-0.25, -0.2) is 0 Å². The summed E-state index contributed by atoms with van der Waals surface area (Å²) < 4.78 is 5.81. The third-order valence-electron chi connectivity index (χ3n) is 6.07. The number of rotatable bonds is 9. The molecule has 2 aromatic rings. The summed E-state index contributed by atoms with van der Waals surface area (Å²) in [5.41, 5.74) is 3.92. The molecule has 0 bridgehead atoms. The molecular weight excluding hydrogens is 426 g/mol. The Labute approximate surface area is 201 Å². The number of aromatic nitrogens is 2. The van der Waals surface area contributed by atoms with Crippen LogP contribution >= 0.6 is 0 Å². The van der Waals surface area contributed by atoms with E-state index in [-0.39, 0.29) is 17.7 Å². The molecule has 0 saturated heterocycles. The van der Waals surface area contributed by atoms with Gasteiger partial charge in [-0.2, -0.15) is 10.4 Å². The molecule has 1 aromatic heterocycles. The minimum Gasteiger partial charge on any atom is -0.493 e. The zero-order chi connectivity index (χ0) is 24.7. The van der Waals surface area contributed by atoms with E-state index >= 15 is 0 Å². The number of hydrogen-bond donors (Lipinski definition) is 1. The Kier molecular flexibility index (Phi) is 8.31. The Morgan fingerprint density at radius 2 is 2.15 bits per heavy atom. The quantitative estimate of drug-likeness (QED) is 0.508. The minimum atomic E-state index is -0.456. The predicted molar refractivity (Wildman–Crippen MR) is 135 cm³/mol. The molecule has 0 aliphatic carbocycles. The fourth-order valence-corrected chi connectivity index (χ4v) is 4.03. The summed E-state index contributed by atoms with van der Waals surface area (Å²) in [4.78, 5) is 23.1. The van der Waals surface area contributed by atoms with Gasteiger partial charge in [0.2, 0.25) is 0 Å². The van der Waals surface area contributed by atoms with Crippen LogP contribution in [0.3, 0.4) is 0 Å². The number of carbonyl (C=O) groups excluding carboxylic acids is 1. The molecule has 1 aliphatic heterocycles. The lowest BCUT2D eigenvalue weighted by molar-refractivity contribution is -0.116. The third-order valence-corrected chi connectivity index (χ3v) is 6.07. The molecule has 3 unspecified atom stereocenters. The van der Waals surface area contributed by atoms with Crippen molar-refractivity contribution in [2.75, 3.05) is 6.61 Å². The standard InChI is InChI=1S/C27H31N5O2/c1-6-9-12-29-25-17(4)18(5)30-15-23(25)27(33)20(7-2)22-16-31-32-26(22)21-13-19(14-28)10-11-24(21)34-8-3/h6,9-13,15-18,20H,7-8H2,1-5H3,(H,31,32). The predicted octanol–water partition coefficient (Wildman–Crippen LogP) is 5.42. The third kappa shape index (κ3) is 5.07. The second kappa shape index (κ2) is 11.4. The van der Waals surface area contributed by atoms with Gasteiger partial charge in [-0.1, -0.05) is 19.9 Å². The molecule has 34 heavy (non-hydrogen) atoms. The highest BCUT2D eigenvalue weighted by molar-refractivity contribution is 6.17. The van der Waals surface area contributed by atoms with E-state index < -0.39 is 5.92 Å². The molecule has 7 nitrogen and oxygen atoms in total. The Balaban J connectivity index is 2.10. The number of nitrogens with one attached hydrogen (secondary N) is 1. The number of hydrogen-bond acceptors (Lipinski definition) is 6. The van der Waals surface area contributed by atoms with Gasteiger partial charge in [0.15, 0.2) is 5.78 Å². The summed E-state index contributed by atoms with van der Waals surface area (Å²) in [7, 11) is 0. The molecule has 1 aliphatic rings. The van der Waals surface area contributed by atoms with E-state index in [4.69, 9.17) is 4.74 Å². The fraction of sp³-hybridized carbons (Fsp3) is 0.370. The molecule has 7 heteroatoms. The summed E-state index contributed by atoms with van der Waals surface area (Å²) in [5, 5.41) is 16.7. The monoisotopic (exact) mass is 457 g/mol. The number of nitriles is 1. The molecule has 0 spiro atoms. The first kappa shape index (κ1) is 24.8. The zero-order valence-electron chi connectivity index (χ0n) is 20.4. The van der Waals surface area contributed by atoms with Crippen molar-refractivity contribution in [3.05, 3.63) is 58.9 Å². The lowest BCUT2D eigenvalue weighted by Gasteiger charge is -2.25. The lowest BCUT2D eigenvalue weighted by Crippen LogP contribution is -2.26. The van der Waals surface area contributed by atoms with Crippen LogP contribution in [0.2, 0.25) is 0 Å². The van der Waals surface area contributed by atoms with Gasteiger partial charge in [0, 0.05) is 29.5 Å². The average molecular weight is 458 g/mol. The maximum Gasteiger partial charge on any atom is 0.173 e. The first-order valence-electron chi connectivity index (χ1n) is 11.6. The van der Waals surface area contributed by atoms with Crippen molar-refractivity contribution in [2.24, 2.45) is 15.9 Å². The van der Waals surface area contributed by atoms with E-state index in [1.807, 2.05) is 46.8 Å². The molecule has 1 N–H and O–H groups in total. The van der Waals surface area contributed by atoms with Gasteiger partial charge >= 0.3 is 0 Å². The van der Waals surface area contributed by atoms with Crippen molar-refractivity contribution in [1.82, 2.24) is 10.2 Å². The second-order valence-corrected chi connectivity index (χ2v) is 8.19. The van der Waals surface area contributed by atoms with Crippen LogP contribution in [0.4, 0.5) is 0 Å². The Bertz CT molecular complexity index is 1200. The molecule has 2 heterocycles. The van der Waals surface area contributed by atoms with Crippen molar-refractivity contribution < 1.29 is 9.53 Å². The summed E-state index contributed by atoms with van der Waals surface area (Å²) in [6, 6.07) is 7.47. The van der Waals surface area contributed by atoms with Crippen molar-refractivity contribution in [2.45, 2.75) is 53.0 Å². The zero-order valence-corrected chi connectivity index (χ0v) is 20.4. The summed E-state index contributed by atoms with van der Waals surface area (Å²) in [6.45, 7) is 10.3. The molecule has 3 atom stereocenters. The normalized spacial score (nSPS) is 19.1. The van der Waals surface area contributed by atoms with E-state index in [1.165, 1.54) is 0 Å². The fourth-order valence-electron chi connectivity index (χ4n) is 4.03. The van der Waals surface area contributed by atoms with Crippen LogP contribution in [-0.2, 0) is 4.79 Å². The van der Waals surface area contributed by atoms with Crippen LogP contribution in [0.1, 0.15) is 58.1 Å². The van der Waals surface area contributed by atoms with E-state index in [9.17, 15) is 10.1 Å². The Morgan fingerprint density at radius 1 is 1.35 bits per heavy atom. The summed E-state index contributed by atoms with van der Waals surface area (Å²) in [5.74, 6) is 0.146. The number of Topliss-reactive ketones (excluding diaryl/α,β-unsaturated/α-hetero) is 1.